The summed E-state index contributed by atoms with van der Waals surface area (Å²) in [6, 6.07) is 2.43. The van der Waals surface area contributed by atoms with Gasteiger partial charge in [-0.15, -0.1) is 11.3 Å². The van der Waals surface area contributed by atoms with E-state index < -0.39 is 0 Å². The van der Waals surface area contributed by atoms with Gasteiger partial charge >= 0.3 is 0 Å². The van der Waals surface area contributed by atoms with Gasteiger partial charge in [-0.05, 0) is 33.8 Å². The molecule has 2 aliphatic heterocycles. The number of fused-ring (bicyclic) bond motifs is 2. The second kappa shape index (κ2) is 3.79. The van der Waals surface area contributed by atoms with Gasteiger partial charge in [0.15, 0.2) is 0 Å². The molecule has 0 saturated carbocycles. The topological polar surface area (TPSA) is 20.3 Å². The van der Waals surface area contributed by atoms with Gasteiger partial charge in [0.05, 0.1) is 0 Å². The van der Waals surface area contributed by atoms with Gasteiger partial charge in [-0.2, -0.15) is 11.8 Å². The van der Waals surface area contributed by atoms with Crippen LogP contribution in [-0.4, -0.2) is 34.4 Å². The predicted molar refractivity (Wildman–Crippen MR) is 67.7 cm³/mol. The molecular weight excluding hydrogens is 294 g/mol. The molecule has 2 fully saturated rings. The van der Waals surface area contributed by atoms with Crippen LogP contribution in [0.15, 0.2) is 15.9 Å². The number of thiophene rings is 1. The minimum atomic E-state index is 0.213. The number of carbonyl (C=O) groups excluding carboxylic acids is 1. The molecule has 0 radical (unpaired) electrons. The molecule has 0 aromatic carbocycles. The third-order valence-electron chi connectivity index (χ3n) is 2.97. The highest BCUT2D eigenvalue weighted by Crippen LogP contribution is 2.39. The first kappa shape index (κ1) is 10.2. The number of amides is 1. The van der Waals surface area contributed by atoms with E-state index in [1.54, 1.807) is 0 Å². The Morgan fingerprint density at radius 3 is 3.00 bits per heavy atom. The molecule has 2 atom stereocenters. The van der Waals surface area contributed by atoms with Crippen LogP contribution >= 0.6 is 39.0 Å². The van der Waals surface area contributed by atoms with Gasteiger partial charge in [0.1, 0.15) is 4.88 Å². The predicted octanol–water partition coefficient (Wildman–Crippen LogP) is 2.84. The van der Waals surface area contributed by atoms with Crippen LogP contribution < -0.4 is 0 Å². The largest absolute Gasteiger partial charge is 0.333 e. The van der Waals surface area contributed by atoms with Crippen molar-refractivity contribution in [3.63, 3.8) is 0 Å². The minimum absolute atomic E-state index is 0.213. The highest BCUT2D eigenvalue weighted by molar-refractivity contribution is 9.10. The summed E-state index contributed by atoms with van der Waals surface area (Å²) in [6.07, 6.45) is 1.19. The standard InChI is InChI=1S/C10H10BrNOS2/c11-8-1-2-14-9(8)10(13)12-4-7-3-6(12)5-15-7/h1-2,6-7H,3-5H2. The SMILES string of the molecule is O=C(c1sccc1Br)N1CC2CC1CS2. The third-order valence-corrected chi connectivity index (χ3v) is 6.19. The molecule has 15 heavy (non-hydrogen) atoms. The van der Waals surface area contributed by atoms with Crippen LogP contribution in [0.4, 0.5) is 0 Å². The lowest BCUT2D eigenvalue weighted by atomic mass is 10.2. The fourth-order valence-electron chi connectivity index (χ4n) is 2.23. The van der Waals surface area contributed by atoms with Crippen molar-refractivity contribution in [2.24, 2.45) is 0 Å². The Bertz CT molecular complexity index is 406. The van der Waals surface area contributed by atoms with Gasteiger partial charge in [0.2, 0.25) is 0 Å². The maximum atomic E-state index is 12.2. The van der Waals surface area contributed by atoms with Crippen molar-refractivity contribution >= 4 is 44.9 Å². The first-order valence-electron chi connectivity index (χ1n) is 4.91. The van der Waals surface area contributed by atoms with E-state index in [9.17, 15) is 4.79 Å². The molecule has 1 aromatic rings. The van der Waals surface area contributed by atoms with Crippen molar-refractivity contribution in [3.8, 4) is 0 Å². The average Bonchev–Trinajstić information content (AvgIpc) is 2.91. The molecule has 80 valence electrons. The Kier molecular flexibility index (Phi) is 2.57. The maximum Gasteiger partial charge on any atom is 0.265 e. The van der Waals surface area contributed by atoms with Crippen LogP contribution in [0.1, 0.15) is 16.1 Å². The molecule has 2 saturated heterocycles. The fourth-order valence-corrected chi connectivity index (χ4v) is 5.16. The normalized spacial score (nSPS) is 28.7. The number of rotatable bonds is 1. The zero-order valence-electron chi connectivity index (χ0n) is 7.98. The summed E-state index contributed by atoms with van der Waals surface area (Å²) >= 11 is 6.96. The number of thioether (sulfide) groups is 1. The number of carbonyl (C=O) groups is 1. The van der Waals surface area contributed by atoms with Gasteiger partial charge < -0.3 is 4.90 Å². The lowest BCUT2D eigenvalue weighted by Gasteiger charge is -2.26. The van der Waals surface area contributed by atoms with Crippen molar-refractivity contribution in [1.82, 2.24) is 4.90 Å². The van der Waals surface area contributed by atoms with Gasteiger partial charge in [-0.3, -0.25) is 4.79 Å². The van der Waals surface area contributed by atoms with Gasteiger partial charge in [-0.1, -0.05) is 0 Å². The van der Waals surface area contributed by atoms with Gasteiger partial charge in [0.25, 0.3) is 5.91 Å². The molecular formula is C10H10BrNOS2. The maximum absolute atomic E-state index is 12.2. The average molecular weight is 304 g/mol. The summed E-state index contributed by atoms with van der Waals surface area (Å²) in [6.45, 7) is 0.943. The van der Waals surface area contributed by atoms with Crippen LogP contribution in [0, 0.1) is 0 Å². The molecule has 3 heterocycles. The second-order valence-electron chi connectivity index (χ2n) is 3.90. The van der Waals surface area contributed by atoms with Crippen LogP contribution in [0.2, 0.25) is 0 Å². The lowest BCUT2D eigenvalue weighted by molar-refractivity contribution is 0.0751. The van der Waals surface area contributed by atoms with E-state index in [1.165, 1.54) is 17.8 Å². The molecule has 1 amide bonds. The number of halogens is 1. The molecule has 0 spiro atoms. The third kappa shape index (κ3) is 1.65. The van der Waals surface area contributed by atoms with Crippen molar-refractivity contribution in [1.29, 1.82) is 0 Å². The molecule has 2 nitrogen and oxygen atoms in total. The quantitative estimate of drug-likeness (QED) is 0.795. The highest BCUT2D eigenvalue weighted by Gasteiger charge is 2.41. The van der Waals surface area contributed by atoms with E-state index in [0.29, 0.717) is 11.3 Å². The number of likely N-dealkylation sites (tertiary alicyclic amines) is 1. The molecule has 2 unspecified atom stereocenters. The van der Waals surface area contributed by atoms with E-state index in [1.807, 2.05) is 23.2 Å². The zero-order chi connectivity index (χ0) is 10.4. The Morgan fingerprint density at radius 2 is 2.47 bits per heavy atom. The summed E-state index contributed by atoms with van der Waals surface area (Å²) in [5, 5.41) is 2.65. The van der Waals surface area contributed by atoms with Crippen LogP contribution in [0.5, 0.6) is 0 Å². The van der Waals surface area contributed by atoms with Crippen LogP contribution in [-0.2, 0) is 0 Å². The summed E-state index contributed by atoms with van der Waals surface area (Å²) in [4.78, 5) is 15.1. The molecule has 2 aliphatic rings. The molecule has 2 bridgehead atoms. The Balaban J connectivity index is 1.84. The number of nitrogens with zero attached hydrogens (tertiary/aromatic N) is 1. The van der Waals surface area contributed by atoms with Gasteiger partial charge in [0, 0.05) is 28.1 Å². The van der Waals surface area contributed by atoms with Crippen LogP contribution in [0.25, 0.3) is 0 Å². The number of hydrogen-bond acceptors (Lipinski definition) is 3. The van der Waals surface area contributed by atoms with E-state index in [0.717, 1.165) is 21.6 Å². The van der Waals surface area contributed by atoms with E-state index >= 15 is 0 Å². The van der Waals surface area contributed by atoms with Crippen molar-refractivity contribution in [3.05, 3.63) is 20.8 Å². The molecule has 1 aromatic heterocycles. The Hall–Kier alpha value is -0.0000000000000000555. The van der Waals surface area contributed by atoms with Crippen molar-refractivity contribution < 1.29 is 4.79 Å². The smallest absolute Gasteiger partial charge is 0.265 e. The van der Waals surface area contributed by atoms with Crippen LogP contribution in [0.3, 0.4) is 0 Å². The highest BCUT2D eigenvalue weighted by atomic mass is 79.9. The van der Waals surface area contributed by atoms with E-state index in [-0.39, 0.29) is 5.91 Å². The minimum Gasteiger partial charge on any atom is -0.333 e. The lowest BCUT2D eigenvalue weighted by Crippen LogP contribution is -2.38. The molecule has 3 rings (SSSR count). The summed E-state index contributed by atoms with van der Waals surface area (Å²) in [5.41, 5.74) is 0. The number of hydrogen-bond donors (Lipinski definition) is 0. The first-order chi connectivity index (χ1) is 7.25. The summed E-state index contributed by atoms with van der Waals surface area (Å²) in [5.74, 6) is 1.34. The van der Waals surface area contributed by atoms with Crippen molar-refractivity contribution in [2.45, 2.75) is 17.7 Å². The Labute approximate surface area is 105 Å². The summed E-state index contributed by atoms with van der Waals surface area (Å²) < 4.78 is 0.938. The zero-order valence-corrected chi connectivity index (χ0v) is 11.2. The van der Waals surface area contributed by atoms with E-state index in [4.69, 9.17) is 0 Å². The first-order valence-corrected chi connectivity index (χ1v) is 7.63. The monoisotopic (exact) mass is 303 g/mol. The van der Waals surface area contributed by atoms with Gasteiger partial charge in [-0.25, -0.2) is 0 Å². The van der Waals surface area contributed by atoms with Crippen molar-refractivity contribution in [2.75, 3.05) is 12.3 Å². The second-order valence-corrected chi connectivity index (χ2v) is 7.00. The molecule has 5 heteroatoms. The summed E-state index contributed by atoms with van der Waals surface area (Å²) in [7, 11) is 0. The molecule has 0 N–H and O–H groups in total. The molecule has 0 aliphatic carbocycles. The fraction of sp³-hybridized carbons (Fsp3) is 0.500. The Morgan fingerprint density at radius 1 is 1.60 bits per heavy atom. The van der Waals surface area contributed by atoms with E-state index in [2.05, 4.69) is 20.8 Å².